The Morgan fingerprint density at radius 2 is 0.755 bits per heavy atom. The summed E-state index contributed by atoms with van der Waals surface area (Å²) in [5.74, 6) is 1.38. The first-order valence-electron chi connectivity index (χ1n) is 20.5. The molecule has 4 fully saturated rings. The maximum atomic E-state index is 7.78. The summed E-state index contributed by atoms with van der Waals surface area (Å²) in [6.07, 6.45) is 0.645. The molecule has 0 aromatic rings. The molecule has 4 aliphatic heterocycles. The van der Waals surface area contributed by atoms with Crippen LogP contribution >= 0.6 is 0 Å². The predicted octanol–water partition coefficient (Wildman–Crippen LogP) is 6.25. The zero-order valence-corrected chi connectivity index (χ0v) is 45.3. The molecule has 0 amide bonds. The smallest absolute Gasteiger partial charge is 0.422 e. The van der Waals surface area contributed by atoms with Crippen LogP contribution in [0.4, 0.5) is 0 Å². The fourth-order valence-electron chi connectivity index (χ4n) is 7.56. The first kappa shape index (κ1) is 47.1. The van der Waals surface area contributed by atoms with Gasteiger partial charge in [0.1, 0.15) is 0 Å². The predicted molar refractivity (Wildman–Crippen MR) is 226 cm³/mol. The average Bonchev–Trinajstić information content (AvgIpc) is 2.90. The molecule has 2 N–H and O–H groups in total. The van der Waals surface area contributed by atoms with E-state index in [0.717, 1.165) is 6.04 Å². The number of hydrogen-bond acceptors (Lipinski definition) is 13. The Bertz CT molecular complexity index is 1120. The lowest BCUT2D eigenvalue weighted by Gasteiger charge is -2.60. The zero-order valence-electron chi connectivity index (χ0n) is 35.5. The normalized spacial score (nSPS) is 38.6. The van der Waals surface area contributed by atoms with E-state index in [-0.39, 0.29) is 35.5 Å². The Balaban J connectivity index is 2.17. The number of hydrogen-bond donors (Lipinski definition) is 1. The summed E-state index contributed by atoms with van der Waals surface area (Å²) in [7, 11) is -29.5. The Labute approximate surface area is 334 Å². The molecule has 22 heteroatoms. The fraction of sp³-hybridized carbons (Fsp3) is 1.00. The van der Waals surface area contributed by atoms with E-state index in [0.29, 0.717) is 61.2 Å². The molecule has 4 unspecified atom stereocenters. The molecule has 0 saturated carbocycles. The molecule has 0 aliphatic carbocycles. The SMILES string of the molecule is CC(C)C[SiH2]O[Si]1(CCCN)O[Si]2(CC(C)C)O[Si]3(CC(C)C)O[SiH2]O[Si]4(CC(C)C)O[Si](CC(C)C)(O1)O[Si](CC(C)C)(O2)O[Si](CC(C)C)(O3)O4. The molecule has 6 bridgehead atoms. The summed E-state index contributed by atoms with van der Waals surface area (Å²) in [6, 6.07) is 4.54. The molecular formula is C31H75NO12Si9. The van der Waals surface area contributed by atoms with Crippen LogP contribution in [0.3, 0.4) is 0 Å². The molecular weight excluding hydrogens is 831 g/mol. The van der Waals surface area contributed by atoms with Crippen molar-refractivity contribution in [3.05, 3.63) is 0 Å². The van der Waals surface area contributed by atoms with Gasteiger partial charge < -0.3 is 55.1 Å². The van der Waals surface area contributed by atoms with Gasteiger partial charge in [-0.1, -0.05) is 96.9 Å². The maximum Gasteiger partial charge on any atom is 0.479 e. The van der Waals surface area contributed by atoms with E-state index < -0.39 is 81.4 Å². The maximum absolute atomic E-state index is 7.78. The number of fused-ring (bicyclic) bond motifs is 4. The highest BCUT2D eigenvalue weighted by Gasteiger charge is 2.78. The topological polar surface area (TPSA) is 137 Å². The molecule has 0 aromatic heterocycles. The van der Waals surface area contributed by atoms with Gasteiger partial charge in [0, 0.05) is 42.3 Å². The summed E-state index contributed by atoms with van der Waals surface area (Å²) in [4.78, 5) is 0. The Hall–Kier alpha value is 1.43. The Kier molecular flexibility index (Phi) is 16.7. The minimum absolute atomic E-state index is 0.134. The lowest BCUT2D eigenvalue weighted by Crippen LogP contribution is -2.84. The second kappa shape index (κ2) is 18.8. The van der Waals surface area contributed by atoms with Crippen molar-refractivity contribution in [2.75, 3.05) is 6.54 Å². The largest absolute Gasteiger partial charge is 0.479 e. The first-order valence-corrected chi connectivity index (χ1v) is 36.7. The fourth-order valence-corrected chi connectivity index (χ4v) is 56.0. The molecule has 4 aliphatic rings. The van der Waals surface area contributed by atoms with Crippen LogP contribution in [0.15, 0.2) is 0 Å². The van der Waals surface area contributed by atoms with E-state index in [2.05, 4.69) is 96.9 Å². The molecule has 0 spiro atoms. The van der Waals surface area contributed by atoms with Crippen molar-refractivity contribution >= 4 is 81.4 Å². The molecule has 4 heterocycles. The van der Waals surface area contributed by atoms with Crippen LogP contribution < -0.4 is 5.73 Å². The van der Waals surface area contributed by atoms with E-state index >= 15 is 0 Å². The third kappa shape index (κ3) is 12.7. The van der Waals surface area contributed by atoms with E-state index in [1.54, 1.807) is 0 Å². The van der Waals surface area contributed by atoms with Crippen molar-refractivity contribution in [3.8, 4) is 0 Å². The van der Waals surface area contributed by atoms with Gasteiger partial charge in [0.2, 0.25) is 0 Å². The van der Waals surface area contributed by atoms with Gasteiger partial charge in [-0.15, -0.1) is 0 Å². The number of rotatable bonds is 19. The number of nitrogens with two attached hydrogens (primary N) is 1. The van der Waals surface area contributed by atoms with Gasteiger partial charge in [-0.2, -0.15) is 0 Å². The molecule has 0 radical (unpaired) electrons. The van der Waals surface area contributed by atoms with Crippen LogP contribution in [-0.4, -0.2) is 87.9 Å². The van der Waals surface area contributed by atoms with Gasteiger partial charge in [0.05, 0.1) is 0 Å². The highest BCUT2D eigenvalue weighted by atomic mass is 28.6. The standard InChI is InChI=1S/C31H75NO12Si9/c1-25(2)18-45-33-47(17-15-16-32)36-50(21-28(7)8)38-48(19-26(3)4)34-46-35-49(20-27(5)6)39-51(37-47,22-29(9)10)43-53(42-50,24-31(13)14)44-52(40-48,41-49)23-30(11)12/h25-31H,15-24,32,45-46H2,1-14H3. The van der Waals surface area contributed by atoms with Gasteiger partial charge in [-0.3, -0.25) is 0 Å². The minimum Gasteiger partial charge on any atom is -0.422 e. The van der Waals surface area contributed by atoms with Gasteiger partial charge in [-0.25, -0.2) is 0 Å². The van der Waals surface area contributed by atoms with Crippen LogP contribution in [-0.2, 0) is 49.4 Å². The van der Waals surface area contributed by atoms with Gasteiger partial charge in [0.25, 0.3) is 10.0 Å². The monoisotopic (exact) mass is 905 g/mol. The van der Waals surface area contributed by atoms with Crippen LogP contribution in [0.2, 0.25) is 48.4 Å². The quantitative estimate of drug-likeness (QED) is 0.146. The summed E-state index contributed by atoms with van der Waals surface area (Å²) in [5, 5.41) is 0. The Morgan fingerprint density at radius 1 is 0.453 bits per heavy atom. The molecule has 53 heavy (non-hydrogen) atoms. The first-order chi connectivity index (χ1) is 24.5. The van der Waals surface area contributed by atoms with E-state index in [4.69, 9.17) is 55.1 Å². The molecule has 4 rings (SSSR count). The second-order valence-corrected chi connectivity index (χ2v) is 43.2. The molecule has 4 atom stereocenters. The van der Waals surface area contributed by atoms with Gasteiger partial charge >= 0.3 is 61.6 Å². The molecule has 4 saturated heterocycles. The Morgan fingerprint density at radius 3 is 1.06 bits per heavy atom. The molecule has 0 aromatic carbocycles. The minimum atomic E-state index is -3.90. The van der Waals surface area contributed by atoms with Gasteiger partial charge in [-0.05, 0) is 60.4 Å². The van der Waals surface area contributed by atoms with E-state index in [1.165, 1.54) is 0 Å². The van der Waals surface area contributed by atoms with Crippen LogP contribution in [0.5, 0.6) is 0 Å². The van der Waals surface area contributed by atoms with Crippen molar-refractivity contribution in [1.82, 2.24) is 0 Å². The van der Waals surface area contributed by atoms with Crippen molar-refractivity contribution in [2.24, 2.45) is 47.2 Å². The summed E-state index contributed by atoms with van der Waals surface area (Å²) in [6.45, 7) is 31.0. The van der Waals surface area contributed by atoms with Crippen molar-refractivity contribution in [1.29, 1.82) is 0 Å². The summed E-state index contributed by atoms with van der Waals surface area (Å²) < 4.78 is 90.8. The average molecular weight is 907 g/mol. The highest BCUT2D eigenvalue weighted by molar-refractivity contribution is 6.99. The van der Waals surface area contributed by atoms with Crippen molar-refractivity contribution in [2.45, 2.75) is 152 Å². The highest BCUT2D eigenvalue weighted by Crippen LogP contribution is 2.51. The third-order valence-corrected chi connectivity index (χ3v) is 48.7. The van der Waals surface area contributed by atoms with E-state index in [1.807, 2.05) is 0 Å². The lowest BCUT2D eigenvalue weighted by atomic mass is 10.3. The molecule has 13 nitrogen and oxygen atoms in total. The van der Waals surface area contributed by atoms with E-state index in [9.17, 15) is 0 Å². The van der Waals surface area contributed by atoms with Crippen LogP contribution in [0.1, 0.15) is 103 Å². The summed E-state index contributed by atoms with van der Waals surface area (Å²) in [5.41, 5.74) is 6.28. The lowest BCUT2D eigenvalue weighted by molar-refractivity contribution is -0.00000925. The van der Waals surface area contributed by atoms with Gasteiger partial charge in [0.15, 0.2) is 9.76 Å². The second-order valence-electron chi connectivity index (χ2n) is 18.6. The van der Waals surface area contributed by atoms with Crippen LogP contribution in [0.25, 0.3) is 0 Å². The summed E-state index contributed by atoms with van der Waals surface area (Å²) >= 11 is 0. The van der Waals surface area contributed by atoms with Crippen LogP contribution in [0, 0.1) is 41.4 Å². The zero-order chi connectivity index (χ0) is 39.5. The third-order valence-electron chi connectivity index (χ3n) is 9.01. The van der Waals surface area contributed by atoms with Crippen molar-refractivity contribution < 1.29 is 49.4 Å². The van der Waals surface area contributed by atoms with Crippen molar-refractivity contribution in [3.63, 3.8) is 0 Å². The molecule has 312 valence electrons.